The SMILES string of the molecule is CC(C)(C)OC(=O)N1CC[C@@H](OC2CCN(c3ccc(C(=O)NC4CCC(Oc5ccc(C#N)c(Cl)c5)CC4)cc3)CC2)C1. The number of nitriles is 1. The number of hydrogen-bond acceptors (Lipinski definition) is 7. The molecule has 2 saturated heterocycles. The van der Waals surface area contributed by atoms with Crippen LogP contribution in [0, 0.1) is 11.3 Å². The molecule has 0 spiro atoms. The van der Waals surface area contributed by atoms with Gasteiger partial charge in [-0.15, -0.1) is 0 Å². The van der Waals surface area contributed by atoms with E-state index in [-0.39, 0.29) is 36.4 Å². The van der Waals surface area contributed by atoms with Gasteiger partial charge in [-0.1, -0.05) is 11.6 Å². The van der Waals surface area contributed by atoms with Crippen molar-refractivity contribution in [2.24, 2.45) is 0 Å². The summed E-state index contributed by atoms with van der Waals surface area (Å²) in [5.74, 6) is 0.614. The van der Waals surface area contributed by atoms with Gasteiger partial charge in [0.2, 0.25) is 0 Å². The Morgan fingerprint density at radius 1 is 0.909 bits per heavy atom. The number of anilines is 1. The summed E-state index contributed by atoms with van der Waals surface area (Å²) in [6.45, 7) is 8.68. The highest BCUT2D eigenvalue weighted by molar-refractivity contribution is 6.31. The van der Waals surface area contributed by atoms with Crippen molar-refractivity contribution in [1.82, 2.24) is 10.2 Å². The Kier molecular flexibility index (Phi) is 10.2. The summed E-state index contributed by atoms with van der Waals surface area (Å²) < 4.78 is 17.9. The van der Waals surface area contributed by atoms with Gasteiger partial charge in [-0.05, 0) is 102 Å². The number of rotatable bonds is 7. The van der Waals surface area contributed by atoms with Crippen molar-refractivity contribution in [2.45, 2.75) is 95.7 Å². The van der Waals surface area contributed by atoms with Crippen LogP contribution < -0.4 is 15.0 Å². The minimum Gasteiger partial charge on any atom is -0.490 e. The summed E-state index contributed by atoms with van der Waals surface area (Å²) in [6.07, 6.45) is 6.09. The molecule has 0 radical (unpaired) electrons. The van der Waals surface area contributed by atoms with E-state index in [1.54, 1.807) is 23.1 Å². The molecule has 0 unspecified atom stereocenters. The quantitative estimate of drug-likeness (QED) is 0.385. The molecule has 0 bridgehead atoms. The minimum atomic E-state index is -0.494. The van der Waals surface area contributed by atoms with Gasteiger partial charge in [0.1, 0.15) is 17.4 Å². The Balaban J connectivity index is 1.01. The van der Waals surface area contributed by atoms with Crippen LogP contribution in [-0.2, 0) is 9.47 Å². The van der Waals surface area contributed by atoms with Gasteiger partial charge in [0.05, 0.1) is 35.4 Å². The monoisotopic (exact) mass is 622 g/mol. The number of amides is 2. The number of nitrogens with one attached hydrogen (secondary N) is 1. The van der Waals surface area contributed by atoms with Gasteiger partial charge in [-0.3, -0.25) is 4.79 Å². The molecule has 3 fully saturated rings. The normalized spacial score (nSPS) is 22.8. The highest BCUT2D eigenvalue weighted by atomic mass is 35.5. The van der Waals surface area contributed by atoms with E-state index in [9.17, 15) is 9.59 Å². The van der Waals surface area contributed by atoms with Crippen molar-refractivity contribution in [3.8, 4) is 11.8 Å². The first kappa shape index (κ1) is 31.9. The molecule has 236 valence electrons. The second-order valence-electron chi connectivity index (χ2n) is 13.0. The maximum absolute atomic E-state index is 13.0. The van der Waals surface area contributed by atoms with E-state index >= 15 is 0 Å². The Morgan fingerprint density at radius 2 is 1.59 bits per heavy atom. The Labute approximate surface area is 265 Å². The molecule has 1 atom stereocenters. The predicted octanol–water partition coefficient (Wildman–Crippen LogP) is 6.33. The number of halogens is 1. The van der Waals surface area contributed by atoms with E-state index in [0.29, 0.717) is 35.0 Å². The van der Waals surface area contributed by atoms with Crippen molar-refractivity contribution >= 4 is 29.3 Å². The van der Waals surface area contributed by atoms with Gasteiger partial charge in [0.15, 0.2) is 0 Å². The molecule has 2 aliphatic heterocycles. The fourth-order valence-electron chi connectivity index (χ4n) is 6.12. The lowest BCUT2D eigenvalue weighted by Crippen LogP contribution is -2.40. The first-order valence-electron chi connectivity index (χ1n) is 15.7. The van der Waals surface area contributed by atoms with Crippen molar-refractivity contribution in [3.63, 3.8) is 0 Å². The van der Waals surface area contributed by atoms with Crippen molar-refractivity contribution in [1.29, 1.82) is 5.26 Å². The number of likely N-dealkylation sites (tertiary alicyclic amines) is 1. The first-order chi connectivity index (χ1) is 21.1. The average molecular weight is 623 g/mol. The van der Waals surface area contributed by atoms with E-state index in [2.05, 4.69) is 16.3 Å². The summed E-state index contributed by atoms with van der Waals surface area (Å²) in [7, 11) is 0. The zero-order valence-corrected chi connectivity index (χ0v) is 26.6. The van der Waals surface area contributed by atoms with Crippen molar-refractivity contribution < 1.29 is 23.8 Å². The number of hydrogen-bond donors (Lipinski definition) is 1. The molecule has 1 saturated carbocycles. The van der Waals surface area contributed by atoms with Gasteiger partial charge >= 0.3 is 6.09 Å². The lowest BCUT2D eigenvalue weighted by Gasteiger charge is -2.34. The molecular formula is C34H43ClN4O5. The molecule has 1 aliphatic carbocycles. The van der Waals surface area contributed by atoms with E-state index in [0.717, 1.165) is 63.7 Å². The maximum Gasteiger partial charge on any atom is 0.410 e. The lowest BCUT2D eigenvalue weighted by atomic mass is 9.92. The number of carbonyl (C=O) groups is 2. The molecule has 2 aromatic carbocycles. The van der Waals surface area contributed by atoms with Crippen LogP contribution in [0.25, 0.3) is 0 Å². The van der Waals surface area contributed by atoms with E-state index in [4.69, 9.17) is 31.1 Å². The van der Waals surface area contributed by atoms with Crippen molar-refractivity contribution in [3.05, 3.63) is 58.6 Å². The maximum atomic E-state index is 13.0. The Hall–Kier alpha value is -3.48. The van der Waals surface area contributed by atoms with Crippen LogP contribution >= 0.6 is 11.6 Å². The van der Waals surface area contributed by atoms with Gasteiger partial charge < -0.3 is 29.3 Å². The van der Waals surface area contributed by atoms with Gasteiger partial charge in [-0.25, -0.2) is 4.79 Å². The summed E-state index contributed by atoms with van der Waals surface area (Å²) in [6, 6.07) is 15.2. The highest BCUT2D eigenvalue weighted by Gasteiger charge is 2.32. The fraction of sp³-hybridized carbons (Fsp3) is 0.559. The summed E-state index contributed by atoms with van der Waals surface area (Å²) in [5.41, 5.74) is 1.71. The zero-order chi connectivity index (χ0) is 31.3. The number of ether oxygens (including phenoxy) is 3. The molecule has 5 rings (SSSR count). The summed E-state index contributed by atoms with van der Waals surface area (Å²) >= 11 is 6.13. The van der Waals surface area contributed by atoms with Crippen LogP contribution in [0.5, 0.6) is 5.75 Å². The highest BCUT2D eigenvalue weighted by Crippen LogP contribution is 2.28. The third-order valence-corrected chi connectivity index (χ3v) is 8.80. The van der Waals surface area contributed by atoms with Crippen LogP contribution in [-0.4, -0.2) is 73.0 Å². The number of carbonyl (C=O) groups excluding carboxylic acids is 2. The molecular weight excluding hydrogens is 580 g/mol. The number of piperidine rings is 1. The molecule has 2 heterocycles. The topological polar surface area (TPSA) is 104 Å². The largest absolute Gasteiger partial charge is 0.490 e. The van der Waals surface area contributed by atoms with Gasteiger partial charge in [-0.2, -0.15) is 5.26 Å². The zero-order valence-electron chi connectivity index (χ0n) is 25.9. The molecule has 1 N–H and O–H groups in total. The van der Waals surface area contributed by atoms with E-state index in [1.165, 1.54) is 0 Å². The van der Waals surface area contributed by atoms with E-state index in [1.807, 2.05) is 45.0 Å². The average Bonchev–Trinajstić information content (AvgIpc) is 3.47. The van der Waals surface area contributed by atoms with Crippen molar-refractivity contribution in [2.75, 3.05) is 31.1 Å². The van der Waals surface area contributed by atoms with Crippen LogP contribution in [0.2, 0.25) is 5.02 Å². The van der Waals surface area contributed by atoms with Gasteiger partial charge in [0.25, 0.3) is 5.91 Å². The van der Waals surface area contributed by atoms with Crippen LogP contribution in [0.15, 0.2) is 42.5 Å². The predicted molar refractivity (Wildman–Crippen MR) is 169 cm³/mol. The van der Waals surface area contributed by atoms with Crippen LogP contribution in [0.1, 0.15) is 81.6 Å². The van der Waals surface area contributed by atoms with E-state index < -0.39 is 5.60 Å². The Bertz CT molecular complexity index is 1340. The Morgan fingerprint density at radius 3 is 2.23 bits per heavy atom. The molecule has 10 heteroatoms. The van der Waals surface area contributed by atoms with Gasteiger partial charge in [0, 0.05) is 43.0 Å². The van der Waals surface area contributed by atoms with Crippen LogP contribution in [0.4, 0.5) is 10.5 Å². The molecule has 2 amide bonds. The standard InChI is InChI=1S/C34H43ClN4O5/c1-34(2,3)44-33(41)39-19-16-30(22-39)43-28-14-17-38(18-15-28)26-9-4-23(5-10-26)32(40)37-25-7-12-27(13-8-25)42-29-11-6-24(21-36)31(35)20-29/h4-6,9-11,20,25,27-28,30H,7-8,12-19,22H2,1-3H3,(H,37,40)/t25?,27?,30-/m1/s1. The smallest absolute Gasteiger partial charge is 0.410 e. The lowest BCUT2D eigenvalue weighted by molar-refractivity contribution is -0.0208. The minimum absolute atomic E-state index is 0.0520. The summed E-state index contributed by atoms with van der Waals surface area (Å²) in [5, 5.41) is 12.6. The third kappa shape index (κ3) is 8.58. The van der Waals surface area contributed by atoms with Crippen LogP contribution in [0.3, 0.4) is 0 Å². The molecule has 0 aromatic heterocycles. The number of benzene rings is 2. The molecule has 3 aliphatic rings. The second-order valence-corrected chi connectivity index (χ2v) is 13.4. The first-order valence-corrected chi connectivity index (χ1v) is 16.1. The molecule has 44 heavy (non-hydrogen) atoms. The molecule has 2 aromatic rings. The second kappa shape index (κ2) is 14.1. The number of nitrogens with zero attached hydrogens (tertiary/aromatic N) is 3. The molecule has 9 nitrogen and oxygen atoms in total. The third-order valence-electron chi connectivity index (χ3n) is 8.49. The summed E-state index contributed by atoms with van der Waals surface area (Å²) in [4.78, 5) is 29.4. The fourth-order valence-corrected chi connectivity index (χ4v) is 6.34.